The van der Waals surface area contributed by atoms with E-state index < -0.39 is 41.6 Å². The number of benzene rings is 3. The lowest BCUT2D eigenvalue weighted by Crippen LogP contribution is -2.36. The number of amides is 3. The maximum absolute atomic E-state index is 14.0. The fourth-order valence-electron chi connectivity index (χ4n) is 5.30. The van der Waals surface area contributed by atoms with Crippen molar-refractivity contribution in [3.63, 3.8) is 0 Å². The fourth-order valence-corrected chi connectivity index (χ4v) is 6.64. The molecule has 0 bridgehead atoms. The minimum Gasteiger partial charge on any atom is -0.325 e. The second-order valence-electron chi connectivity index (χ2n) is 10.2. The van der Waals surface area contributed by atoms with Crippen LogP contribution >= 0.6 is 24.0 Å². The van der Waals surface area contributed by atoms with Crippen LogP contribution in [0.3, 0.4) is 0 Å². The van der Waals surface area contributed by atoms with Crippen molar-refractivity contribution >= 4 is 68.7 Å². The van der Waals surface area contributed by atoms with E-state index in [9.17, 15) is 32.3 Å². The molecule has 0 spiro atoms. The minimum atomic E-state index is -4.60. The van der Waals surface area contributed by atoms with Crippen molar-refractivity contribution in [2.45, 2.75) is 13.1 Å². The van der Waals surface area contributed by atoms with Crippen LogP contribution in [0.5, 0.6) is 0 Å². The van der Waals surface area contributed by atoms with Gasteiger partial charge in [-0.25, -0.2) is 4.68 Å². The van der Waals surface area contributed by atoms with Gasteiger partial charge in [0.05, 0.1) is 33.1 Å². The van der Waals surface area contributed by atoms with Gasteiger partial charge >= 0.3 is 6.18 Å². The van der Waals surface area contributed by atoms with Gasteiger partial charge in [0.15, 0.2) is 4.32 Å². The third kappa shape index (κ3) is 5.15. The van der Waals surface area contributed by atoms with Gasteiger partial charge < -0.3 is 5.32 Å². The summed E-state index contributed by atoms with van der Waals surface area (Å²) in [5.41, 5.74) is 0.330. The highest BCUT2D eigenvalue weighted by molar-refractivity contribution is 8.27. The fraction of sp³-hybridized carbons (Fsp3) is 0.129. The van der Waals surface area contributed by atoms with Crippen LogP contribution in [0.1, 0.15) is 16.8 Å². The van der Waals surface area contributed by atoms with Crippen LogP contribution < -0.4 is 20.7 Å². The van der Waals surface area contributed by atoms with Crippen molar-refractivity contribution in [3.05, 3.63) is 111 Å². The maximum atomic E-state index is 14.0. The summed E-state index contributed by atoms with van der Waals surface area (Å²) in [5.74, 6) is -2.07. The average molecular weight is 650 g/mol. The van der Waals surface area contributed by atoms with E-state index in [0.29, 0.717) is 22.6 Å². The predicted octanol–water partition coefficient (Wildman–Crippen LogP) is 5.26. The zero-order valence-electron chi connectivity index (χ0n) is 23.6. The van der Waals surface area contributed by atoms with Crippen molar-refractivity contribution in [1.29, 1.82) is 0 Å². The first-order chi connectivity index (χ1) is 21.4. The van der Waals surface area contributed by atoms with Crippen LogP contribution in [0.15, 0.2) is 88.6 Å². The molecule has 0 atom stereocenters. The third-order valence-corrected chi connectivity index (χ3v) is 8.81. The Hall–Kier alpha value is -4.95. The molecular weight excluding hydrogens is 627 g/mol. The zero-order valence-corrected chi connectivity index (χ0v) is 25.2. The van der Waals surface area contributed by atoms with Crippen LogP contribution in [0, 0.1) is 6.92 Å². The maximum Gasteiger partial charge on any atom is 0.416 e. The van der Waals surface area contributed by atoms with E-state index in [0.717, 1.165) is 39.8 Å². The number of nitrogens with one attached hydrogen (secondary N) is 1. The molecule has 14 heteroatoms. The number of para-hydroxylation sites is 2. The molecule has 0 aliphatic carbocycles. The Kier molecular flexibility index (Phi) is 7.49. The minimum absolute atomic E-state index is 0.00727. The lowest BCUT2D eigenvalue weighted by Gasteiger charge is -2.17. The molecule has 1 saturated heterocycles. The summed E-state index contributed by atoms with van der Waals surface area (Å²) in [7, 11) is 1.68. The Labute approximate surface area is 263 Å². The van der Waals surface area contributed by atoms with Gasteiger partial charge in [0.1, 0.15) is 12.2 Å². The number of thiocarbonyl (C=S) groups is 1. The van der Waals surface area contributed by atoms with Crippen molar-refractivity contribution in [3.8, 4) is 5.69 Å². The number of carbonyl (C=O) groups is 3. The summed E-state index contributed by atoms with van der Waals surface area (Å²) in [6.45, 7) is 1.15. The molecule has 3 heterocycles. The topological polar surface area (TPSA) is 96.7 Å². The molecule has 2 aliphatic heterocycles. The number of fused-ring (bicyclic) bond motifs is 1. The number of rotatable bonds is 5. The Morgan fingerprint density at radius 2 is 1.62 bits per heavy atom. The first-order valence-electron chi connectivity index (χ1n) is 13.4. The molecule has 0 unspecified atom stereocenters. The van der Waals surface area contributed by atoms with Gasteiger partial charge in [-0.3, -0.25) is 33.7 Å². The predicted molar refractivity (Wildman–Crippen MR) is 169 cm³/mol. The number of anilines is 3. The number of alkyl halides is 3. The average Bonchev–Trinajstić information content (AvgIpc) is 3.52. The Morgan fingerprint density at radius 3 is 2.33 bits per heavy atom. The molecule has 0 radical (unpaired) electrons. The van der Waals surface area contributed by atoms with Gasteiger partial charge in [-0.2, -0.15) is 13.2 Å². The quantitative estimate of drug-likeness (QED) is 0.234. The van der Waals surface area contributed by atoms with Crippen molar-refractivity contribution in [2.24, 2.45) is 7.05 Å². The second-order valence-corrected chi connectivity index (χ2v) is 11.8. The van der Waals surface area contributed by atoms with E-state index in [1.165, 1.54) is 10.7 Å². The normalized spacial score (nSPS) is 16.5. The highest BCUT2D eigenvalue weighted by atomic mass is 32.2. The molecule has 45 heavy (non-hydrogen) atoms. The van der Waals surface area contributed by atoms with Crippen LogP contribution in [-0.2, 0) is 27.6 Å². The molecule has 4 aromatic rings. The van der Waals surface area contributed by atoms with Crippen molar-refractivity contribution < 1.29 is 27.6 Å². The number of nitrogens with zero attached hydrogens (tertiary/aromatic N) is 4. The number of hydrogen-bond donors (Lipinski definition) is 1. The number of hydrogen-bond acceptors (Lipinski definition) is 6. The number of aromatic nitrogens is 2. The van der Waals surface area contributed by atoms with Gasteiger partial charge in [-0.1, -0.05) is 66.4 Å². The molecule has 2 aliphatic rings. The number of thioether (sulfide) groups is 1. The summed E-state index contributed by atoms with van der Waals surface area (Å²) in [6.07, 6.45) is -4.60. The third-order valence-electron chi connectivity index (χ3n) is 7.44. The van der Waals surface area contributed by atoms with Gasteiger partial charge in [-0.05, 0) is 43.3 Å². The molecule has 1 N–H and O–H groups in total. The largest absolute Gasteiger partial charge is 0.416 e. The van der Waals surface area contributed by atoms with Crippen LogP contribution in [0.4, 0.5) is 30.2 Å². The van der Waals surface area contributed by atoms with E-state index in [2.05, 4.69) is 5.32 Å². The molecule has 0 saturated carbocycles. The molecule has 9 nitrogen and oxygen atoms in total. The number of carbonyl (C=O) groups excluding carboxylic acids is 3. The van der Waals surface area contributed by atoms with E-state index in [1.807, 2.05) is 6.07 Å². The summed E-state index contributed by atoms with van der Waals surface area (Å²) < 4.78 is 42.5. The molecule has 1 aromatic heterocycles. The van der Waals surface area contributed by atoms with Crippen molar-refractivity contribution in [1.82, 2.24) is 9.36 Å². The van der Waals surface area contributed by atoms with Crippen LogP contribution in [0.2, 0.25) is 0 Å². The van der Waals surface area contributed by atoms with Gasteiger partial charge in [0.2, 0.25) is 5.91 Å². The highest BCUT2D eigenvalue weighted by Crippen LogP contribution is 2.45. The summed E-state index contributed by atoms with van der Waals surface area (Å²) in [4.78, 5) is 56.7. The van der Waals surface area contributed by atoms with E-state index in [-0.39, 0.29) is 26.2 Å². The van der Waals surface area contributed by atoms with Gasteiger partial charge in [-0.15, -0.1) is 0 Å². The van der Waals surface area contributed by atoms with E-state index >= 15 is 0 Å². The van der Waals surface area contributed by atoms with E-state index in [4.69, 9.17) is 12.2 Å². The van der Waals surface area contributed by atoms with Gasteiger partial charge in [0, 0.05) is 18.3 Å². The van der Waals surface area contributed by atoms with Gasteiger partial charge in [0.25, 0.3) is 17.4 Å². The second kappa shape index (κ2) is 11.2. The Morgan fingerprint density at radius 1 is 0.933 bits per heavy atom. The molecule has 6 rings (SSSR count). The lowest BCUT2D eigenvalue weighted by molar-refractivity contribution is -0.137. The standard InChI is InChI=1S/C31H22F3N5O4S2/c1-17-25(28(42)39(36(17)2)20-11-4-3-5-12-20)38-29(43)26(45-30(38)44)24-21-13-6-7-14-22(21)37(27(24)41)16-23(40)35-19-10-8-9-18(15-19)31(32,33)34/h3-15H,16H2,1-2H3,(H,35,40)/b26-24-. The Balaban J connectivity index is 1.34. The van der Waals surface area contributed by atoms with Crippen LogP contribution in [0.25, 0.3) is 11.3 Å². The molecule has 3 amide bonds. The summed E-state index contributed by atoms with van der Waals surface area (Å²) in [5, 5.41) is 2.41. The lowest BCUT2D eigenvalue weighted by atomic mass is 10.1. The molecular formula is C31H22F3N5O4S2. The highest BCUT2D eigenvalue weighted by Gasteiger charge is 2.44. The smallest absolute Gasteiger partial charge is 0.325 e. The van der Waals surface area contributed by atoms with Crippen LogP contribution in [-0.4, -0.2) is 38.0 Å². The summed E-state index contributed by atoms with van der Waals surface area (Å²) in [6, 6.07) is 19.6. The zero-order chi connectivity index (χ0) is 32.2. The first kappa shape index (κ1) is 30.1. The summed E-state index contributed by atoms with van der Waals surface area (Å²) >= 11 is 6.43. The molecule has 3 aromatic carbocycles. The SMILES string of the molecule is Cc1c(N2C(=O)/C(=C3/C(=O)N(CC(=O)Nc4cccc(C(F)(F)F)c4)c4ccccc43)SC2=S)c(=O)n(-c2ccccc2)n1C. The molecule has 1 fully saturated rings. The first-order valence-corrected chi connectivity index (χ1v) is 14.6. The van der Waals surface area contributed by atoms with Crippen molar-refractivity contribution in [2.75, 3.05) is 21.7 Å². The monoisotopic (exact) mass is 649 g/mol. The number of halogens is 3. The molecule has 228 valence electrons. The van der Waals surface area contributed by atoms with E-state index in [1.54, 1.807) is 67.2 Å². The Bertz CT molecular complexity index is 2020.